The molecule has 0 unspecified atom stereocenters. The average molecular weight is 471 g/mol. The van der Waals surface area contributed by atoms with Gasteiger partial charge in [0.25, 0.3) is 5.91 Å². The molecule has 2 N–H and O–H groups in total. The van der Waals surface area contributed by atoms with Gasteiger partial charge in [-0.1, -0.05) is 12.1 Å². The molecule has 178 valence electrons. The van der Waals surface area contributed by atoms with Crippen molar-refractivity contribution in [2.75, 3.05) is 36.5 Å². The van der Waals surface area contributed by atoms with E-state index in [1.807, 2.05) is 29.6 Å². The van der Waals surface area contributed by atoms with Crippen LogP contribution in [0.5, 0.6) is 0 Å². The third-order valence-electron chi connectivity index (χ3n) is 5.44. The molecule has 0 aliphatic carbocycles. The summed E-state index contributed by atoms with van der Waals surface area (Å²) in [7, 11) is 0. The van der Waals surface area contributed by atoms with Crippen molar-refractivity contribution in [1.29, 1.82) is 0 Å². The van der Waals surface area contributed by atoms with Gasteiger partial charge in [0.05, 0.1) is 18.9 Å². The number of rotatable bonds is 6. The minimum atomic E-state index is -4.50. The summed E-state index contributed by atoms with van der Waals surface area (Å²) in [5, 5.41) is 5.12. The van der Waals surface area contributed by atoms with Crippen molar-refractivity contribution in [1.82, 2.24) is 15.3 Å². The van der Waals surface area contributed by atoms with Crippen LogP contribution < -0.4 is 15.5 Å². The van der Waals surface area contributed by atoms with Gasteiger partial charge >= 0.3 is 6.18 Å². The highest BCUT2D eigenvalue weighted by Gasteiger charge is 2.37. The quantitative estimate of drug-likeness (QED) is 0.555. The van der Waals surface area contributed by atoms with Crippen LogP contribution in [0.1, 0.15) is 17.3 Å². The molecule has 0 bridgehead atoms. The summed E-state index contributed by atoms with van der Waals surface area (Å²) in [4.78, 5) is 23.1. The van der Waals surface area contributed by atoms with E-state index in [1.165, 1.54) is 12.1 Å². The van der Waals surface area contributed by atoms with Crippen molar-refractivity contribution in [3.63, 3.8) is 0 Å². The Morgan fingerprint density at radius 3 is 2.35 bits per heavy atom. The van der Waals surface area contributed by atoms with Crippen molar-refractivity contribution in [3.05, 3.63) is 66.4 Å². The topological polar surface area (TPSA) is 79.4 Å². The van der Waals surface area contributed by atoms with E-state index in [9.17, 15) is 18.0 Å². The molecule has 0 radical (unpaired) electrons. The second-order valence-electron chi connectivity index (χ2n) is 7.85. The van der Waals surface area contributed by atoms with Crippen LogP contribution in [0, 0.1) is 0 Å². The standard InChI is InChI=1S/C24H24F3N5O2/c1-16(24(25,26)27)29-22(33)18-4-2-17(3-5-18)21-10-11-28-23(31-21)30-19-6-8-20(9-7-19)32-12-14-34-15-13-32/h2-11,16H,12-15H2,1H3,(H,29,33)(H,28,30,31)/t16-/m1/s1. The Balaban J connectivity index is 1.41. The van der Waals surface area contributed by atoms with Gasteiger partial charge in [-0.15, -0.1) is 0 Å². The predicted molar refractivity (Wildman–Crippen MR) is 123 cm³/mol. The smallest absolute Gasteiger partial charge is 0.378 e. The zero-order valence-electron chi connectivity index (χ0n) is 18.5. The first-order valence-electron chi connectivity index (χ1n) is 10.8. The summed E-state index contributed by atoms with van der Waals surface area (Å²) >= 11 is 0. The van der Waals surface area contributed by atoms with Crippen LogP contribution in [-0.4, -0.2) is 54.4 Å². The van der Waals surface area contributed by atoms with E-state index < -0.39 is 18.1 Å². The second kappa shape index (κ2) is 10.1. The number of morpholine rings is 1. The summed E-state index contributed by atoms with van der Waals surface area (Å²) in [6.07, 6.45) is -2.89. The van der Waals surface area contributed by atoms with Crippen LogP contribution in [-0.2, 0) is 4.74 Å². The molecule has 1 fully saturated rings. The largest absolute Gasteiger partial charge is 0.408 e. The van der Waals surface area contributed by atoms with E-state index in [2.05, 4.69) is 20.2 Å². The maximum absolute atomic E-state index is 12.7. The van der Waals surface area contributed by atoms with E-state index in [-0.39, 0.29) is 5.56 Å². The molecule has 1 aliphatic rings. The van der Waals surface area contributed by atoms with Crippen molar-refractivity contribution in [2.45, 2.75) is 19.1 Å². The molecule has 0 saturated carbocycles. The Hall–Kier alpha value is -3.66. The summed E-state index contributed by atoms with van der Waals surface area (Å²) in [5.74, 6) is -0.389. The minimum Gasteiger partial charge on any atom is -0.378 e. The van der Waals surface area contributed by atoms with Crippen LogP contribution in [0.3, 0.4) is 0 Å². The van der Waals surface area contributed by atoms with Crippen LogP contribution >= 0.6 is 0 Å². The summed E-state index contributed by atoms with van der Waals surface area (Å²) in [6, 6.07) is 14.0. The van der Waals surface area contributed by atoms with E-state index in [0.717, 1.165) is 44.6 Å². The van der Waals surface area contributed by atoms with Crippen LogP contribution in [0.4, 0.5) is 30.5 Å². The SMILES string of the molecule is C[C@@H](NC(=O)c1ccc(-c2ccnc(Nc3ccc(N4CCOCC4)cc3)n2)cc1)C(F)(F)F. The lowest BCUT2D eigenvalue weighted by molar-refractivity contribution is -0.149. The van der Waals surface area contributed by atoms with Crippen LogP contribution in [0.15, 0.2) is 60.8 Å². The van der Waals surface area contributed by atoms with Crippen LogP contribution in [0.25, 0.3) is 11.3 Å². The van der Waals surface area contributed by atoms with Gasteiger partial charge in [-0.25, -0.2) is 9.97 Å². The third kappa shape index (κ3) is 5.82. The Labute approximate surface area is 195 Å². The molecule has 2 heterocycles. The van der Waals surface area contributed by atoms with Crippen molar-refractivity contribution >= 4 is 23.2 Å². The maximum atomic E-state index is 12.7. The van der Waals surface area contributed by atoms with Gasteiger partial charge in [-0.05, 0) is 49.4 Å². The number of aromatic nitrogens is 2. The lowest BCUT2D eigenvalue weighted by atomic mass is 10.1. The first kappa shape index (κ1) is 23.5. The number of nitrogens with one attached hydrogen (secondary N) is 2. The number of amides is 1. The number of hydrogen-bond acceptors (Lipinski definition) is 6. The third-order valence-corrected chi connectivity index (χ3v) is 5.44. The minimum absolute atomic E-state index is 0.132. The number of ether oxygens (including phenoxy) is 1. The van der Waals surface area contributed by atoms with E-state index in [0.29, 0.717) is 17.2 Å². The second-order valence-corrected chi connectivity index (χ2v) is 7.85. The summed E-state index contributed by atoms with van der Waals surface area (Å²) < 4.78 is 43.4. The average Bonchev–Trinajstić information content (AvgIpc) is 2.85. The molecule has 1 aliphatic heterocycles. The molecule has 7 nitrogen and oxygen atoms in total. The van der Waals surface area contributed by atoms with Gasteiger partial charge in [0.15, 0.2) is 0 Å². The van der Waals surface area contributed by atoms with E-state index in [4.69, 9.17) is 4.74 Å². The first-order chi connectivity index (χ1) is 16.3. The zero-order valence-corrected chi connectivity index (χ0v) is 18.5. The fraction of sp³-hybridized carbons (Fsp3) is 0.292. The Kier molecular flexibility index (Phi) is 6.97. The highest BCUT2D eigenvalue weighted by Crippen LogP contribution is 2.23. The molecule has 1 atom stereocenters. The lowest BCUT2D eigenvalue weighted by Gasteiger charge is -2.28. The highest BCUT2D eigenvalue weighted by atomic mass is 19.4. The normalized spacial score (nSPS) is 15.0. The molecule has 34 heavy (non-hydrogen) atoms. The molecule has 1 amide bonds. The van der Waals surface area contributed by atoms with Crippen molar-refractivity contribution in [3.8, 4) is 11.3 Å². The molecular weight excluding hydrogens is 447 g/mol. The van der Waals surface area contributed by atoms with Gasteiger partial charge in [0.1, 0.15) is 6.04 Å². The number of anilines is 3. The molecule has 10 heteroatoms. The Bertz CT molecular complexity index is 1110. The number of benzene rings is 2. The van der Waals surface area contributed by atoms with Crippen LogP contribution in [0.2, 0.25) is 0 Å². The number of alkyl halides is 3. The van der Waals surface area contributed by atoms with Gasteiger partial charge in [-0.2, -0.15) is 13.2 Å². The molecule has 1 saturated heterocycles. The Morgan fingerprint density at radius 2 is 1.71 bits per heavy atom. The number of halogens is 3. The van der Waals surface area contributed by atoms with Gasteiger partial charge < -0.3 is 20.3 Å². The predicted octanol–water partition coefficient (Wildman–Crippen LogP) is 4.40. The van der Waals surface area contributed by atoms with Crippen molar-refractivity contribution < 1.29 is 22.7 Å². The first-order valence-corrected chi connectivity index (χ1v) is 10.8. The summed E-state index contributed by atoms with van der Waals surface area (Å²) in [6.45, 7) is 4.06. The molecule has 1 aromatic heterocycles. The zero-order chi connectivity index (χ0) is 24.1. The number of hydrogen-bond donors (Lipinski definition) is 2. The van der Waals surface area contributed by atoms with E-state index in [1.54, 1.807) is 24.4 Å². The van der Waals surface area contributed by atoms with Crippen molar-refractivity contribution in [2.24, 2.45) is 0 Å². The fourth-order valence-corrected chi connectivity index (χ4v) is 3.44. The Morgan fingerprint density at radius 1 is 1.03 bits per heavy atom. The van der Waals surface area contributed by atoms with Gasteiger partial charge in [0, 0.05) is 41.8 Å². The monoisotopic (exact) mass is 471 g/mol. The van der Waals surface area contributed by atoms with E-state index >= 15 is 0 Å². The summed E-state index contributed by atoms with van der Waals surface area (Å²) in [5.41, 5.74) is 3.40. The molecule has 2 aromatic carbocycles. The fourth-order valence-electron chi connectivity index (χ4n) is 3.44. The molecular formula is C24H24F3N5O2. The maximum Gasteiger partial charge on any atom is 0.408 e. The number of carbonyl (C=O) groups excluding carboxylic acids is 1. The molecule has 3 aromatic rings. The molecule has 4 rings (SSSR count). The lowest BCUT2D eigenvalue weighted by Crippen LogP contribution is -2.43. The number of carbonyl (C=O) groups is 1. The number of nitrogens with zero attached hydrogens (tertiary/aromatic N) is 3. The van der Waals surface area contributed by atoms with Gasteiger partial charge in [0.2, 0.25) is 5.95 Å². The van der Waals surface area contributed by atoms with Gasteiger partial charge in [-0.3, -0.25) is 4.79 Å². The molecule has 0 spiro atoms. The highest BCUT2D eigenvalue weighted by molar-refractivity contribution is 5.94.